The number of ether oxygens (including phenoxy) is 1. The molecule has 2 rings (SSSR count). The lowest BCUT2D eigenvalue weighted by Gasteiger charge is -2.18. The third-order valence-electron chi connectivity index (χ3n) is 2.71. The number of carbonyl (C=O) groups is 1. The highest BCUT2D eigenvalue weighted by Crippen LogP contribution is 2.26. The third kappa shape index (κ3) is 3.27. The van der Waals surface area contributed by atoms with Crippen molar-refractivity contribution < 1.29 is 9.53 Å². The van der Waals surface area contributed by atoms with Gasteiger partial charge in [-0.2, -0.15) is 0 Å². The number of anilines is 2. The summed E-state index contributed by atoms with van der Waals surface area (Å²) in [6.45, 7) is 0. The molecule has 1 unspecified atom stereocenters. The summed E-state index contributed by atoms with van der Waals surface area (Å²) in [6, 6.07) is 10.4. The molecule has 1 heterocycles. The second-order valence-corrected chi connectivity index (χ2v) is 4.96. The molecule has 0 radical (unpaired) electrons. The van der Waals surface area contributed by atoms with Crippen molar-refractivity contribution >= 4 is 33.4 Å². The average Bonchev–Trinajstić information content (AvgIpc) is 2.46. The molecule has 1 aromatic heterocycles. The lowest BCUT2D eigenvalue weighted by atomic mass is 10.1. The number of nitrogens with two attached hydrogens (primary N) is 1. The van der Waals surface area contributed by atoms with Crippen molar-refractivity contribution in [3.63, 3.8) is 0 Å². The fourth-order valence-corrected chi connectivity index (χ4v) is 2.22. The highest BCUT2D eigenvalue weighted by molar-refractivity contribution is 9.10. The van der Waals surface area contributed by atoms with E-state index < -0.39 is 6.04 Å². The van der Waals surface area contributed by atoms with E-state index in [4.69, 9.17) is 10.5 Å². The van der Waals surface area contributed by atoms with Gasteiger partial charge in [0.25, 0.3) is 0 Å². The van der Waals surface area contributed by atoms with Crippen LogP contribution in [0.2, 0.25) is 0 Å². The minimum atomic E-state index is -0.631. The maximum absolute atomic E-state index is 11.9. The van der Waals surface area contributed by atoms with E-state index in [0.29, 0.717) is 16.0 Å². The predicted octanol–water partition coefficient (Wildman–Crippen LogP) is 2.75. The van der Waals surface area contributed by atoms with E-state index in [-0.39, 0.29) is 5.97 Å². The minimum Gasteiger partial charge on any atom is -0.467 e. The molecule has 0 aliphatic heterocycles. The number of pyridine rings is 1. The quantitative estimate of drug-likeness (QED) is 0.840. The number of rotatable bonds is 4. The van der Waals surface area contributed by atoms with Crippen molar-refractivity contribution in [2.75, 3.05) is 18.2 Å². The van der Waals surface area contributed by atoms with Gasteiger partial charge in [0.05, 0.1) is 23.5 Å². The van der Waals surface area contributed by atoms with Gasteiger partial charge in [-0.3, -0.25) is 0 Å². The molecule has 0 saturated heterocycles. The largest absolute Gasteiger partial charge is 0.467 e. The molecule has 0 amide bonds. The summed E-state index contributed by atoms with van der Waals surface area (Å²) in [5, 5.41) is 3.05. The van der Waals surface area contributed by atoms with Crippen molar-refractivity contribution in [1.82, 2.24) is 4.98 Å². The summed E-state index contributed by atoms with van der Waals surface area (Å²) < 4.78 is 5.52. The van der Waals surface area contributed by atoms with E-state index in [1.165, 1.54) is 13.3 Å². The van der Waals surface area contributed by atoms with Gasteiger partial charge in [0.1, 0.15) is 5.82 Å². The normalized spacial score (nSPS) is 11.7. The lowest BCUT2D eigenvalue weighted by molar-refractivity contribution is -0.141. The van der Waals surface area contributed by atoms with Crippen molar-refractivity contribution in [2.24, 2.45) is 0 Å². The summed E-state index contributed by atoms with van der Waals surface area (Å²) in [7, 11) is 1.35. The Morgan fingerprint density at radius 3 is 2.70 bits per heavy atom. The first-order valence-corrected chi connectivity index (χ1v) is 6.71. The maximum Gasteiger partial charge on any atom is 0.333 e. The van der Waals surface area contributed by atoms with Crippen molar-refractivity contribution in [1.29, 1.82) is 0 Å². The molecule has 0 aliphatic rings. The Kier molecular flexibility index (Phi) is 4.57. The number of esters is 1. The number of halogens is 1. The Morgan fingerprint density at radius 2 is 2.10 bits per heavy atom. The number of hydrogen-bond acceptors (Lipinski definition) is 5. The SMILES string of the molecule is COC(=O)C(Nc1ncc(N)cc1Br)c1ccccc1. The van der Waals surface area contributed by atoms with Crippen LogP contribution in [0.15, 0.2) is 47.1 Å². The van der Waals surface area contributed by atoms with E-state index in [2.05, 4.69) is 26.2 Å². The van der Waals surface area contributed by atoms with E-state index >= 15 is 0 Å². The Bertz CT molecular complexity index is 605. The second-order valence-electron chi connectivity index (χ2n) is 4.11. The highest BCUT2D eigenvalue weighted by atomic mass is 79.9. The molecular formula is C14H14BrN3O2. The average molecular weight is 336 g/mol. The van der Waals surface area contributed by atoms with Crippen LogP contribution >= 0.6 is 15.9 Å². The van der Waals surface area contributed by atoms with E-state index in [0.717, 1.165) is 5.56 Å². The molecule has 5 nitrogen and oxygen atoms in total. The standard InChI is InChI=1S/C14H14BrN3O2/c1-20-14(19)12(9-5-3-2-4-6-9)18-13-11(15)7-10(16)8-17-13/h2-8,12H,16H2,1H3,(H,17,18). The van der Waals surface area contributed by atoms with Gasteiger partial charge >= 0.3 is 5.97 Å². The topological polar surface area (TPSA) is 77.2 Å². The fraction of sp³-hybridized carbons (Fsp3) is 0.143. The molecule has 104 valence electrons. The van der Waals surface area contributed by atoms with E-state index in [9.17, 15) is 4.79 Å². The van der Waals surface area contributed by atoms with Crippen LogP contribution in [-0.4, -0.2) is 18.1 Å². The number of nitrogens with one attached hydrogen (secondary N) is 1. The minimum absolute atomic E-state index is 0.387. The second kappa shape index (κ2) is 6.38. The molecule has 1 aromatic carbocycles. The lowest BCUT2D eigenvalue weighted by Crippen LogP contribution is -2.23. The van der Waals surface area contributed by atoms with E-state index in [1.54, 1.807) is 6.07 Å². The first kappa shape index (κ1) is 14.3. The molecule has 0 bridgehead atoms. The number of hydrogen-bond donors (Lipinski definition) is 2. The zero-order valence-electron chi connectivity index (χ0n) is 10.8. The van der Waals surface area contributed by atoms with E-state index in [1.807, 2.05) is 30.3 Å². The Labute approximate surface area is 125 Å². The Hall–Kier alpha value is -2.08. The van der Waals surface area contributed by atoms with Crippen LogP contribution in [0.5, 0.6) is 0 Å². The first-order valence-electron chi connectivity index (χ1n) is 5.92. The van der Waals surface area contributed by atoms with Gasteiger partial charge in [-0.05, 0) is 27.6 Å². The predicted molar refractivity (Wildman–Crippen MR) is 81.2 cm³/mol. The molecule has 20 heavy (non-hydrogen) atoms. The smallest absolute Gasteiger partial charge is 0.333 e. The van der Waals surface area contributed by atoms with Crippen LogP contribution in [0.1, 0.15) is 11.6 Å². The number of nitrogens with zero attached hydrogens (tertiary/aromatic N) is 1. The molecule has 0 aliphatic carbocycles. The van der Waals surface area contributed by atoms with Crippen molar-refractivity contribution in [3.05, 3.63) is 52.6 Å². The third-order valence-corrected chi connectivity index (χ3v) is 3.32. The van der Waals surface area contributed by atoms with Crippen molar-refractivity contribution in [2.45, 2.75) is 6.04 Å². The van der Waals surface area contributed by atoms with Crippen LogP contribution in [0, 0.1) is 0 Å². The van der Waals surface area contributed by atoms with Crippen LogP contribution in [-0.2, 0) is 9.53 Å². The maximum atomic E-state index is 11.9. The van der Waals surface area contributed by atoms with Crippen molar-refractivity contribution in [3.8, 4) is 0 Å². The molecular weight excluding hydrogens is 322 g/mol. The highest BCUT2D eigenvalue weighted by Gasteiger charge is 2.22. The van der Waals surface area contributed by atoms with Gasteiger partial charge in [-0.1, -0.05) is 30.3 Å². The Balaban J connectivity index is 2.31. The molecule has 6 heteroatoms. The number of nitrogen functional groups attached to an aromatic ring is 1. The molecule has 1 atom stereocenters. The van der Waals surface area contributed by atoms with Gasteiger partial charge in [0, 0.05) is 0 Å². The molecule has 0 spiro atoms. The molecule has 0 saturated carbocycles. The number of methoxy groups -OCH3 is 1. The molecule has 2 aromatic rings. The first-order chi connectivity index (χ1) is 9.61. The van der Waals surface area contributed by atoms with Gasteiger partial charge in [-0.15, -0.1) is 0 Å². The number of aromatic nitrogens is 1. The monoisotopic (exact) mass is 335 g/mol. The van der Waals surface area contributed by atoms with Crippen LogP contribution in [0.25, 0.3) is 0 Å². The van der Waals surface area contributed by atoms with Gasteiger partial charge in [0.15, 0.2) is 6.04 Å². The summed E-state index contributed by atoms with van der Waals surface area (Å²) >= 11 is 3.36. The summed E-state index contributed by atoms with van der Waals surface area (Å²) in [5.41, 5.74) is 6.98. The van der Waals surface area contributed by atoms with Crippen LogP contribution in [0.3, 0.4) is 0 Å². The van der Waals surface area contributed by atoms with Crippen LogP contribution in [0.4, 0.5) is 11.5 Å². The van der Waals surface area contributed by atoms with Gasteiger partial charge in [0.2, 0.25) is 0 Å². The zero-order chi connectivity index (χ0) is 14.5. The zero-order valence-corrected chi connectivity index (χ0v) is 12.4. The number of carbonyl (C=O) groups excluding carboxylic acids is 1. The fourth-order valence-electron chi connectivity index (χ4n) is 1.74. The molecule has 3 N–H and O–H groups in total. The molecule has 0 fully saturated rings. The Morgan fingerprint density at radius 1 is 1.40 bits per heavy atom. The number of benzene rings is 1. The van der Waals surface area contributed by atoms with Gasteiger partial charge in [-0.25, -0.2) is 9.78 Å². The summed E-state index contributed by atoms with van der Waals surface area (Å²) in [4.78, 5) is 16.1. The summed E-state index contributed by atoms with van der Waals surface area (Å²) in [5.74, 6) is 0.139. The van der Waals surface area contributed by atoms with Crippen LogP contribution < -0.4 is 11.1 Å². The summed E-state index contributed by atoms with van der Waals surface area (Å²) in [6.07, 6.45) is 1.52. The van der Waals surface area contributed by atoms with Gasteiger partial charge < -0.3 is 15.8 Å².